The van der Waals surface area contributed by atoms with E-state index in [1.54, 1.807) is 4.90 Å². The normalized spacial score (nSPS) is 16.5. The third kappa shape index (κ3) is 11.2. The molecule has 0 bridgehead atoms. The molecule has 0 radical (unpaired) electrons. The van der Waals surface area contributed by atoms with Crippen LogP contribution in [0.25, 0.3) is 0 Å². The summed E-state index contributed by atoms with van der Waals surface area (Å²) in [6, 6.07) is -0.0716. The van der Waals surface area contributed by atoms with Crippen LogP contribution in [0.15, 0.2) is 0 Å². The fourth-order valence-corrected chi connectivity index (χ4v) is 2.45. The fourth-order valence-electron chi connectivity index (χ4n) is 2.45. The van der Waals surface area contributed by atoms with Gasteiger partial charge in [-0.05, 0) is 26.7 Å². The number of halogens is 3. The minimum atomic E-state index is -4.26. The molecule has 0 atom stereocenters. The Morgan fingerprint density at radius 2 is 1.80 bits per heavy atom. The molecule has 0 spiro atoms. The van der Waals surface area contributed by atoms with E-state index < -0.39 is 12.8 Å². The topological polar surface area (TPSA) is 54.0 Å². The molecule has 2 amide bonds. The summed E-state index contributed by atoms with van der Waals surface area (Å²) in [6.45, 7) is 7.44. The molecule has 148 valence electrons. The van der Waals surface area contributed by atoms with Crippen molar-refractivity contribution in [2.45, 2.75) is 39.0 Å². The predicted octanol–water partition coefficient (Wildman–Crippen LogP) is 2.10. The zero-order valence-corrected chi connectivity index (χ0v) is 15.1. The summed E-state index contributed by atoms with van der Waals surface area (Å²) >= 11 is 0. The Bertz CT molecular complexity index is 373. The molecule has 1 heterocycles. The van der Waals surface area contributed by atoms with Crippen LogP contribution < -0.4 is 5.32 Å². The Labute approximate surface area is 147 Å². The molecule has 1 N–H and O–H groups in total. The summed E-state index contributed by atoms with van der Waals surface area (Å²) in [4.78, 5) is 15.9. The molecule has 1 fully saturated rings. The minimum Gasteiger partial charge on any atom is -0.379 e. The molecule has 1 aliphatic heterocycles. The van der Waals surface area contributed by atoms with Gasteiger partial charge in [0.15, 0.2) is 0 Å². The smallest absolute Gasteiger partial charge is 0.379 e. The number of carbonyl (C=O) groups excluding carboxylic acids is 1. The number of hydrogen-bond acceptors (Lipinski definition) is 4. The lowest BCUT2D eigenvalue weighted by atomic mass is 10.3. The summed E-state index contributed by atoms with van der Waals surface area (Å²) in [5.74, 6) is 0. The summed E-state index contributed by atoms with van der Waals surface area (Å²) < 4.78 is 45.8. The van der Waals surface area contributed by atoms with Gasteiger partial charge < -0.3 is 19.7 Å². The Balaban J connectivity index is 2.04. The number of urea groups is 1. The Morgan fingerprint density at radius 1 is 1.12 bits per heavy atom. The summed E-state index contributed by atoms with van der Waals surface area (Å²) in [5.41, 5.74) is 0. The molecule has 0 aliphatic carbocycles. The average molecular weight is 369 g/mol. The van der Waals surface area contributed by atoms with Gasteiger partial charge in [0.05, 0.1) is 6.10 Å². The van der Waals surface area contributed by atoms with E-state index in [2.05, 4.69) is 15.0 Å². The molecule has 6 nitrogen and oxygen atoms in total. The highest BCUT2D eigenvalue weighted by Crippen LogP contribution is 2.14. The highest BCUT2D eigenvalue weighted by molar-refractivity contribution is 5.74. The molecule has 1 aliphatic rings. The molecule has 1 rings (SSSR count). The fraction of sp³-hybridized carbons (Fsp3) is 0.938. The van der Waals surface area contributed by atoms with Gasteiger partial charge in [0, 0.05) is 52.5 Å². The second kappa shape index (κ2) is 11.5. The van der Waals surface area contributed by atoms with Crippen LogP contribution in [0.4, 0.5) is 18.0 Å². The van der Waals surface area contributed by atoms with Crippen LogP contribution in [-0.4, -0.2) is 87.2 Å². The maximum absolute atomic E-state index is 12.0. The largest absolute Gasteiger partial charge is 0.411 e. The maximum atomic E-state index is 12.0. The number of carbonyl (C=O) groups is 1. The van der Waals surface area contributed by atoms with E-state index in [0.29, 0.717) is 39.2 Å². The Kier molecular flexibility index (Phi) is 10.1. The van der Waals surface area contributed by atoms with Gasteiger partial charge in [-0.25, -0.2) is 4.79 Å². The van der Waals surface area contributed by atoms with Crippen LogP contribution in [0.1, 0.15) is 26.7 Å². The number of alkyl halides is 3. The standard InChI is InChI=1S/C16H30F3N3O3/c1-14(2)25-12-3-5-20-15(23)22-9-7-21(8-10-22)6-4-11-24-13-16(17,18)19/h14H,3-13H2,1-2H3,(H,20,23). The van der Waals surface area contributed by atoms with Gasteiger partial charge in [-0.1, -0.05) is 0 Å². The van der Waals surface area contributed by atoms with Crippen molar-refractivity contribution in [3.05, 3.63) is 0 Å². The van der Waals surface area contributed by atoms with E-state index in [1.165, 1.54) is 0 Å². The molecule has 0 aromatic heterocycles. The second-order valence-corrected chi connectivity index (χ2v) is 6.36. The highest BCUT2D eigenvalue weighted by Gasteiger charge is 2.27. The molecule has 0 saturated carbocycles. The van der Waals surface area contributed by atoms with Gasteiger partial charge in [0.25, 0.3) is 0 Å². The van der Waals surface area contributed by atoms with Gasteiger partial charge in [-0.15, -0.1) is 0 Å². The van der Waals surface area contributed by atoms with Gasteiger partial charge in [-0.3, -0.25) is 4.90 Å². The van der Waals surface area contributed by atoms with Gasteiger partial charge in [-0.2, -0.15) is 13.2 Å². The molecule has 0 aromatic rings. The summed E-state index contributed by atoms with van der Waals surface area (Å²) in [7, 11) is 0. The van der Waals surface area contributed by atoms with Crippen molar-refractivity contribution in [1.29, 1.82) is 0 Å². The maximum Gasteiger partial charge on any atom is 0.411 e. The van der Waals surface area contributed by atoms with E-state index in [9.17, 15) is 18.0 Å². The number of nitrogens with one attached hydrogen (secondary N) is 1. The first-order valence-corrected chi connectivity index (χ1v) is 8.79. The van der Waals surface area contributed by atoms with Crippen molar-refractivity contribution in [3.63, 3.8) is 0 Å². The number of hydrogen-bond donors (Lipinski definition) is 1. The summed E-state index contributed by atoms with van der Waals surface area (Å²) in [6.07, 6.45) is -2.73. The Hall–Kier alpha value is -1.06. The van der Waals surface area contributed by atoms with Crippen molar-refractivity contribution >= 4 is 6.03 Å². The molecule has 25 heavy (non-hydrogen) atoms. The quantitative estimate of drug-likeness (QED) is 0.599. The van der Waals surface area contributed by atoms with Crippen molar-refractivity contribution in [1.82, 2.24) is 15.1 Å². The van der Waals surface area contributed by atoms with E-state index in [4.69, 9.17) is 4.74 Å². The molecule has 0 unspecified atom stereocenters. The molecule has 0 aromatic carbocycles. The lowest BCUT2D eigenvalue weighted by Gasteiger charge is -2.34. The van der Waals surface area contributed by atoms with E-state index in [-0.39, 0.29) is 18.7 Å². The minimum absolute atomic E-state index is 0.0716. The van der Waals surface area contributed by atoms with Gasteiger partial charge in [0.2, 0.25) is 0 Å². The van der Waals surface area contributed by atoms with E-state index >= 15 is 0 Å². The van der Waals surface area contributed by atoms with Crippen molar-refractivity contribution in [2.75, 3.05) is 59.1 Å². The zero-order chi connectivity index (χ0) is 18.7. The monoisotopic (exact) mass is 369 g/mol. The third-order valence-corrected chi connectivity index (χ3v) is 3.74. The van der Waals surface area contributed by atoms with Crippen LogP contribution in [0.3, 0.4) is 0 Å². The first-order chi connectivity index (χ1) is 11.8. The van der Waals surface area contributed by atoms with Crippen molar-refractivity contribution < 1.29 is 27.4 Å². The van der Waals surface area contributed by atoms with Crippen LogP contribution in [0, 0.1) is 0 Å². The lowest BCUT2D eigenvalue weighted by Crippen LogP contribution is -2.52. The number of piperazine rings is 1. The third-order valence-electron chi connectivity index (χ3n) is 3.74. The van der Waals surface area contributed by atoms with Crippen LogP contribution in [0.5, 0.6) is 0 Å². The molecule has 9 heteroatoms. The van der Waals surface area contributed by atoms with Crippen molar-refractivity contribution in [2.24, 2.45) is 0 Å². The van der Waals surface area contributed by atoms with Gasteiger partial charge in [0.1, 0.15) is 6.61 Å². The van der Waals surface area contributed by atoms with Crippen molar-refractivity contribution in [3.8, 4) is 0 Å². The number of amides is 2. The molecular formula is C16H30F3N3O3. The first-order valence-electron chi connectivity index (χ1n) is 8.79. The summed E-state index contributed by atoms with van der Waals surface area (Å²) in [5, 5.41) is 2.88. The lowest BCUT2D eigenvalue weighted by molar-refractivity contribution is -0.174. The van der Waals surface area contributed by atoms with Crippen LogP contribution in [0.2, 0.25) is 0 Å². The van der Waals surface area contributed by atoms with Gasteiger partial charge >= 0.3 is 12.2 Å². The van der Waals surface area contributed by atoms with E-state index in [0.717, 1.165) is 19.5 Å². The van der Waals surface area contributed by atoms with Crippen LogP contribution in [-0.2, 0) is 9.47 Å². The number of ether oxygens (including phenoxy) is 2. The second-order valence-electron chi connectivity index (χ2n) is 6.36. The molecule has 1 saturated heterocycles. The number of nitrogens with zero attached hydrogens (tertiary/aromatic N) is 2. The van der Waals surface area contributed by atoms with Crippen LogP contribution >= 0.6 is 0 Å². The van der Waals surface area contributed by atoms with E-state index in [1.807, 2.05) is 13.8 Å². The zero-order valence-electron chi connectivity index (χ0n) is 15.1. The number of rotatable bonds is 10. The first kappa shape index (κ1) is 22.0. The molecular weight excluding hydrogens is 339 g/mol. The predicted molar refractivity (Wildman–Crippen MR) is 88.6 cm³/mol. The average Bonchev–Trinajstić information content (AvgIpc) is 2.53. The SMILES string of the molecule is CC(C)OCCCNC(=O)N1CCN(CCCOCC(F)(F)F)CC1. The Morgan fingerprint density at radius 3 is 2.40 bits per heavy atom. The highest BCUT2D eigenvalue weighted by atomic mass is 19.4.